The molecule has 180 valence electrons. The minimum absolute atomic E-state index is 0.141. The van der Waals surface area contributed by atoms with Crippen LogP contribution >= 0.6 is 0 Å². The Hall–Kier alpha value is -3.77. The number of carboxylic acid groups (broad SMARTS) is 1. The fraction of sp³-hybridized carbons (Fsp3) is 0.385. The first-order chi connectivity index (χ1) is 16.6. The summed E-state index contributed by atoms with van der Waals surface area (Å²) in [7, 11) is 1.42. The number of aryl methyl sites for hydroxylation is 1. The Bertz CT molecular complexity index is 1520. The first kappa shape index (κ1) is 23.0. The van der Waals surface area contributed by atoms with E-state index in [9.17, 15) is 19.6 Å². The number of carbonyl (C=O) groups is 1. The predicted molar refractivity (Wildman–Crippen MR) is 128 cm³/mol. The predicted octanol–water partition coefficient (Wildman–Crippen LogP) is 4.89. The Morgan fingerprint density at radius 2 is 2.14 bits per heavy atom. The molecule has 3 aromatic heterocycles. The topological polar surface area (TPSA) is 117 Å². The molecule has 0 unspecified atom stereocenters. The van der Waals surface area contributed by atoms with E-state index < -0.39 is 17.0 Å². The van der Waals surface area contributed by atoms with Crippen LogP contribution in [0, 0.1) is 24.1 Å². The van der Waals surface area contributed by atoms with E-state index in [1.165, 1.54) is 13.2 Å². The van der Waals surface area contributed by atoms with Crippen molar-refractivity contribution in [3.63, 3.8) is 0 Å². The van der Waals surface area contributed by atoms with E-state index in [-0.39, 0.29) is 18.2 Å². The molecule has 4 aromatic rings. The van der Waals surface area contributed by atoms with Crippen molar-refractivity contribution in [2.75, 3.05) is 7.11 Å². The zero-order valence-corrected chi connectivity index (χ0v) is 20.0. The van der Waals surface area contributed by atoms with Crippen molar-refractivity contribution in [2.45, 2.75) is 57.0 Å². The van der Waals surface area contributed by atoms with Gasteiger partial charge in [-0.15, -0.1) is 0 Å². The van der Waals surface area contributed by atoms with Gasteiger partial charge in [0.1, 0.15) is 5.82 Å². The highest BCUT2D eigenvalue weighted by Crippen LogP contribution is 2.53. The van der Waals surface area contributed by atoms with Gasteiger partial charge in [0.2, 0.25) is 0 Å². The molecule has 1 aromatic carbocycles. The second-order valence-corrected chi connectivity index (χ2v) is 10.0. The lowest BCUT2D eigenvalue weighted by molar-refractivity contribution is -0.175. The summed E-state index contributed by atoms with van der Waals surface area (Å²) in [6.07, 6.45) is 2.51. The second-order valence-electron chi connectivity index (χ2n) is 10.0. The standard InChI is InChI=1S/C26H26FN5O3/c1-14-9-17(5-6-18(14)27)32-19-10-15-13-29-31-23(15)30-21(19)20(22(32)25(2,3)7-8-28)16-11-26(12-16,35-4)24(33)34/h5-6,9-10,13,16H,7,11-12H2,1-4H3,(H,33,34)(H,29,30,31)/t16-,26+. The van der Waals surface area contributed by atoms with Gasteiger partial charge in [0.15, 0.2) is 11.2 Å². The molecular weight excluding hydrogens is 449 g/mol. The average molecular weight is 476 g/mol. The normalized spacial score (nSPS) is 20.2. The lowest BCUT2D eigenvalue weighted by atomic mass is 9.65. The summed E-state index contributed by atoms with van der Waals surface area (Å²) in [5, 5.41) is 27.3. The van der Waals surface area contributed by atoms with E-state index in [0.717, 1.165) is 27.8 Å². The van der Waals surface area contributed by atoms with Gasteiger partial charge < -0.3 is 14.4 Å². The van der Waals surface area contributed by atoms with E-state index in [2.05, 4.69) is 16.3 Å². The Kier molecular flexibility index (Phi) is 5.18. The van der Waals surface area contributed by atoms with Crippen molar-refractivity contribution < 1.29 is 19.0 Å². The number of methoxy groups -OCH3 is 1. The molecule has 0 saturated heterocycles. The highest BCUT2D eigenvalue weighted by atomic mass is 19.1. The van der Waals surface area contributed by atoms with Crippen molar-refractivity contribution in [1.82, 2.24) is 19.7 Å². The van der Waals surface area contributed by atoms with Crippen LogP contribution in [0.15, 0.2) is 30.5 Å². The molecule has 0 atom stereocenters. The average Bonchev–Trinajstić information content (AvgIpc) is 3.36. The fourth-order valence-electron chi connectivity index (χ4n) is 5.33. The van der Waals surface area contributed by atoms with Crippen LogP contribution in [0.2, 0.25) is 0 Å². The van der Waals surface area contributed by atoms with Crippen LogP contribution in [0.1, 0.15) is 55.8 Å². The monoisotopic (exact) mass is 475 g/mol. The van der Waals surface area contributed by atoms with Gasteiger partial charge in [-0.25, -0.2) is 14.2 Å². The second kappa shape index (κ2) is 7.89. The number of pyridine rings is 1. The summed E-state index contributed by atoms with van der Waals surface area (Å²) < 4.78 is 21.7. The number of hydrogen-bond donors (Lipinski definition) is 2. The van der Waals surface area contributed by atoms with Gasteiger partial charge in [-0.05, 0) is 55.5 Å². The third-order valence-electron chi connectivity index (χ3n) is 7.28. The van der Waals surface area contributed by atoms with E-state index in [4.69, 9.17) is 9.72 Å². The van der Waals surface area contributed by atoms with Crippen molar-refractivity contribution in [1.29, 1.82) is 5.26 Å². The molecule has 1 saturated carbocycles. The molecule has 0 aliphatic heterocycles. The molecule has 0 amide bonds. The largest absolute Gasteiger partial charge is 0.479 e. The molecule has 0 bridgehead atoms. The molecule has 1 aliphatic carbocycles. The number of fused-ring (bicyclic) bond motifs is 2. The van der Waals surface area contributed by atoms with Crippen LogP contribution in [0.5, 0.6) is 0 Å². The van der Waals surface area contributed by atoms with Crippen LogP contribution in [0.3, 0.4) is 0 Å². The van der Waals surface area contributed by atoms with Crippen molar-refractivity contribution in [3.8, 4) is 11.8 Å². The molecular formula is C26H26FN5O3. The molecule has 5 rings (SSSR count). The van der Waals surface area contributed by atoms with Gasteiger partial charge in [-0.1, -0.05) is 13.8 Å². The van der Waals surface area contributed by atoms with Crippen molar-refractivity contribution >= 4 is 28.0 Å². The minimum Gasteiger partial charge on any atom is -0.479 e. The van der Waals surface area contributed by atoms with Crippen LogP contribution in [-0.4, -0.2) is 43.5 Å². The third-order valence-corrected chi connectivity index (χ3v) is 7.28. The number of aromatic nitrogens is 4. The van der Waals surface area contributed by atoms with Crippen LogP contribution in [-0.2, 0) is 14.9 Å². The van der Waals surface area contributed by atoms with E-state index in [1.54, 1.807) is 25.3 Å². The number of aliphatic carboxylic acids is 1. The summed E-state index contributed by atoms with van der Waals surface area (Å²) in [5.74, 6) is -1.43. The van der Waals surface area contributed by atoms with Gasteiger partial charge in [0, 0.05) is 41.3 Å². The first-order valence-electron chi connectivity index (χ1n) is 11.4. The summed E-state index contributed by atoms with van der Waals surface area (Å²) in [6.45, 7) is 5.70. The summed E-state index contributed by atoms with van der Waals surface area (Å²) in [4.78, 5) is 16.9. The number of carboxylic acids is 1. The lowest BCUT2D eigenvalue weighted by Gasteiger charge is -2.44. The van der Waals surface area contributed by atoms with Crippen LogP contribution in [0.25, 0.3) is 27.8 Å². The molecule has 1 fully saturated rings. The van der Waals surface area contributed by atoms with Gasteiger partial charge in [0.05, 0.1) is 23.3 Å². The zero-order valence-electron chi connectivity index (χ0n) is 20.0. The van der Waals surface area contributed by atoms with Gasteiger partial charge >= 0.3 is 5.97 Å². The number of H-pyrrole nitrogens is 1. The molecule has 35 heavy (non-hydrogen) atoms. The van der Waals surface area contributed by atoms with Crippen molar-refractivity contribution in [2.24, 2.45) is 0 Å². The molecule has 3 heterocycles. The summed E-state index contributed by atoms with van der Waals surface area (Å²) in [5.41, 5.74) is 3.29. The Morgan fingerprint density at radius 1 is 1.40 bits per heavy atom. The zero-order chi connectivity index (χ0) is 25.1. The maximum absolute atomic E-state index is 14.2. The number of rotatable bonds is 6. The quantitative estimate of drug-likeness (QED) is 0.410. The lowest BCUT2D eigenvalue weighted by Crippen LogP contribution is -2.51. The van der Waals surface area contributed by atoms with E-state index >= 15 is 0 Å². The van der Waals surface area contributed by atoms with Crippen LogP contribution < -0.4 is 0 Å². The number of hydrogen-bond acceptors (Lipinski definition) is 5. The SMILES string of the molecule is CO[C@]1(C(=O)O)C[C@H](c2c(C(C)(C)CC#N)n(-c3ccc(F)c(C)c3)c3cc4cn[nH]c4nc32)C1. The molecule has 0 spiro atoms. The maximum Gasteiger partial charge on any atom is 0.335 e. The highest BCUT2D eigenvalue weighted by molar-refractivity contribution is 5.94. The van der Waals surface area contributed by atoms with Crippen molar-refractivity contribution in [3.05, 3.63) is 53.1 Å². The number of benzene rings is 1. The minimum atomic E-state index is -1.25. The highest BCUT2D eigenvalue weighted by Gasteiger charge is 2.53. The Balaban J connectivity index is 1.86. The Labute approximate surface area is 201 Å². The first-order valence-corrected chi connectivity index (χ1v) is 11.4. The van der Waals surface area contributed by atoms with E-state index in [1.807, 2.05) is 24.5 Å². The Morgan fingerprint density at radius 3 is 2.77 bits per heavy atom. The maximum atomic E-state index is 14.2. The van der Waals surface area contributed by atoms with Gasteiger partial charge in [-0.3, -0.25) is 5.10 Å². The number of ether oxygens (including phenoxy) is 1. The third kappa shape index (κ3) is 3.40. The fourth-order valence-corrected chi connectivity index (χ4v) is 5.33. The number of halogens is 1. The number of nitrogens with one attached hydrogen (secondary N) is 1. The van der Waals surface area contributed by atoms with Gasteiger partial charge in [-0.2, -0.15) is 10.4 Å². The smallest absolute Gasteiger partial charge is 0.335 e. The number of nitrogens with zero attached hydrogens (tertiary/aromatic N) is 4. The van der Waals surface area contributed by atoms with Crippen LogP contribution in [0.4, 0.5) is 4.39 Å². The number of nitriles is 1. The summed E-state index contributed by atoms with van der Waals surface area (Å²) >= 11 is 0. The molecule has 8 nitrogen and oxygen atoms in total. The molecule has 0 radical (unpaired) electrons. The van der Waals surface area contributed by atoms with Gasteiger partial charge in [0.25, 0.3) is 0 Å². The number of aromatic amines is 1. The van der Waals surface area contributed by atoms with E-state index in [0.29, 0.717) is 29.6 Å². The molecule has 9 heteroatoms. The summed E-state index contributed by atoms with van der Waals surface area (Å²) in [6, 6.07) is 9.21. The molecule has 2 N–H and O–H groups in total. The molecule has 1 aliphatic rings.